The van der Waals surface area contributed by atoms with Gasteiger partial charge in [0.2, 0.25) is 5.89 Å². The van der Waals surface area contributed by atoms with Gasteiger partial charge in [-0.25, -0.2) is 13.4 Å². The van der Waals surface area contributed by atoms with Crippen LogP contribution in [0.15, 0.2) is 57.8 Å². The molecule has 0 saturated carbocycles. The van der Waals surface area contributed by atoms with Gasteiger partial charge >= 0.3 is 5.97 Å². The van der Waals surface area contributed by atoms with Crippen LogP contribution in [0, 0.1) is 6.92 Å². The molecule has 32 heavy (non-hydrogen) atoms. The van der Waals surface area contributed by atoms with Gasteiger partial charge in [-0.15, -0.1) is 0 Å². The van der Waals surface area contributed by atoms with Gasteiger partial charge in [-0.3, -0.25) is 4.79 Å². The Morgan fingerprint density at radius 2 is 1.84 bits per heavy atom. The minimum atomic E-state index is -3.49. The molecule has 0 amide bonds. The van der Waals surface area contributed by atoms with Crippen LogP contribution in [0.25, 0.3) is 11.5 Å². The zero-order chi connectivity index (χ0) is 23.1. The van der Waals surface area contributed by atoms with Gasteiger partial charge in [0.25, 0.3) is 0 Å². The van der Waals surface area contributed by atoms with Gasteiger partial charge in [-0.1, -0.05) is 24.3 Å². The van der Waals surface area contributed by atoms with E-state index in [2.05, 4.69) is 4.98 Å². The number of benzene rings is 2. The second-order valence-corrected chi connectivity index (χ2v) is 9.32. The molecular weight excluding hydrogens is 430 g/mol. The lowest BCUT2D eigenvalue weighted by molar-refractivity contribution is -0.143. The lowest BCUT2D eigenvalue weighted by Gasteiger charge is -2.11. The van der Waals surface area contributed by atoms with Crippen LogP contribution in [0.3, 0.4) is 0 Å². The van der Waals surface area contributed by atoms with Gasteiger partial charge in [0, 0.05) is 24.7 Å². The van der Waals surface area contributed by atoms with Crippen molar-refractivity contribution < 1.29 is 27.1 Å². The molecule has 0 aliphatic carbocycles. The Balaban J connectivity index is 1.66. The number of rotatable bonds is 10. The monoisotopic (exact) mass is 457 g/mol. The maximum Gasteiger partial charge on any atom is 0.306 e. The summed E-state index contributed by atoms with van der Waals surface area (Å²) in [5, 5.41) is 0. The number of hydrogen-bond donors (Lipinski definition) is 0. The van der Waals surface area contributed by atoms with Gasteiger partial charge in [0.1, 0.15) is 11.5 Å². The molecule has 7 nitrogen and oxygen atoms in total. The Kier molecular flexibility index (Phi) is 7.69. The highest BCUT2D eigenvalue weighted by molar-refractivity contribution is 7.90. The van der Waals surface area contributed by atoms with E-state index in [4.69, 9.17) is 13.9 Å². The molecule has 0 bridgehead atoms. The standard InChI is InChI=1S/C24H27NO6S/c1-4-29-23(26)13-11-18-10-12-20(16-22(18)32(3,27)28)30-15-14-21-17(2)31-24(25-21)19-8-6-5-7-9-19/h5-10,12,16H,4,11,13-15H2,1-3H3. The number of aromatic nitrogens is 1. The van der Waals surface area contributed by atoms with Crippen molar-refractivity contribution in [1.29, 1.82) is 0 Å². The first-order chi connectivity index (χ1) is 15.3. The van der Waals surface area contributed by atoms with E-state index >= 15 is 0 Å². The Labute approximate surface area is 188 Å². The lowest BCUT2D eigenvalue weighted by Crippen LogP contribution is -2.09. The van der Waals surface area contributed by atoms with Crippen LogP contribution in [0.5, 0.6) is 5.75 Å². The predicted molar refractivity (Wildman–Crippen MR) is 120 cm³/mol. The van der Waals surface area contributed by atoms with E-state index in [9.17, 15) is 13.2 Å². The topological polar surface area (TPSA) is 95.7 Å². The van der Waals surface area contributed by atoms with E-state index < -0.39 is 9.84 Å². The van der Waals surface area contributed by atoms with Gasteiger partial charge in [-0.05, 0) is 50.1 Å². The highest BCUT2D eigenvalue weighted by atomic mass is 32.2. The van der Waals surface area contributed by atoms with Gasteiger partial charge in [0.05, 0.1) is 23.8 Å². The minimum Gasteiger partial charge on any atom is -0.493 e. The van der Waals surface area contributed by atoms with E-state index in [1.165, 1.54) is 6.07 Å². The highest BCUT2D eigenvalue weighted by Gasteiger charge is 2.17. The molecule has 1 aromatic heterocycles. The number of carbonyl (C=O) groups is 1. The molecule has 3 rings (SSSR count). The molecule has 0 saturated heterocycles. The van der Waals surface area contributed by atoms with Crippen LogP contribution in [-0.2, 0) is 32.2 Å². The zero-order valence-corrected chi connectivity index (χ0v) is 19.3. The first-order valence-electron chi connectivity index (χ1n) is 10.4. The van der Waals surface area contributed by atoms with E-state index in [-0.39, 0.29) is 23.7 Å². The van der Waals surface area contributed by atoms with Crippen LogP contribution in [0.2, 0.25) is 0 Å². The molecule has 0 radical (unpaired) electrons. The maximum atomic E-state index is 12.3. The zero-order valence-electron chi connectivity index (χ0n) is 18.5. The molecule has 1 heterocycles. The SMILES string of the molecule is CCOC(=O)CCc1ccc(OCCc2nc(-c3ccccc3)oc2C)cc1S(C)(=O)=O. The summed E-state index contributed by atoms with van der Waals surface area (Å²) < 4.78 is 41.0. The minimum absolute atomic E-state index is 0.117. The molecule has 0 aliphatic heterocycles. The maximum absolute atomic E-state index is 12.3. The molecule has 0 fully saturated rings. The average molecular weight is 458 g/mol. The fourth-order valence-corrected chi connectivity index (χ4v) is 4.25. The van der Waals surface area contributed by atoms with Crippen LogP contribution in [0.4, 0.5) is 0 Å². The summed E-state index contributed by atoms with van der Waals surface area (Å²) >= 11 is 0. The largest absolute Gasteiger partial charge is 0.493 e. The summed E-state index contributed by atoms with van der Waals surface area (Å²) in [7, 11) is -3.49. The third-order valence-electron chi connectivity index (χ3n) is 4.86. The number of oxazole rings is 1. The Morgan fingerprint density at radius 1 is 1.09 bits per heavy atom. The van der Waals surface area contributed by atoms with Crippen molar-refractivity contribution in [2.45, 2.75) is 38.0 Å². The molecule has 0 N–H and O–H groups in total. The van der Waals surface area contributed by atoms with Gasteiger partial charge < -0.3 is 13.9 Å². The third-order valence-corrected chi connectivity index (χ3v) is 6.04. The summed E-state index contributed by atoms with van der Waals surface area (Å²) in [6, 6.07) is 14.5. The van der Waals surface area contributed by atoms with Gasteiger partial charge in [-0.2, -0.15) is 0 Å². The molecule has 8 heteroatoms. The van der Waals surface area contributed by atoms with Crippen molar-refractivity contribution in [3.05, 3.63) is 65.5 Å². The normalized spacial score (nSPS) is 11.3. The number of hydrogen-bond acceptors (Lipinski definition) is 7. The van der Waals surface area contributed by atoms with Crippen molar-refractivity contribution in [2.24, 2.45) is 0 Å². The summed E-state index contributed by atoms with van der Waals surface area (Å²) in [5.41, 5.74) is 2.25. The van der Waals surface area contributed by atoms with Crippen molar-refractivity contribution in [3.63, 3.8) is 0 Å². The lowest BCUT2D eigenvalue weighted by atomic mass is 10.1. The molecular formula is C24H27NO6S. The molecule has 0 atom stereocenters. The third kappa shape index (κ3) is 6.20. The predicted octanol–water partition coefficient (Wildman–Crippen LogP) is 4.17. The second kappa shape index (κ2) is 10.5. The first kappa shape index (κ1) is 23.5. The fraction of sp³-hybridized carbons (Fsp3) is 0.333. The van der Waals surface area contributed by atoms with E-state index in [0.29, 0.717) is 36.8 Å². The summed E-state index contributed by atoms with van der Waals surface area (Å²) in [6.45, 7) is 4.19. The van der Waals surface area contributed by atoms with Crippen molar-refractivity contribution in [1.82, 2.24) is 4.98 Å². The molecule has 2 aromatic carbocycles. The summed E-state index contributed by atoms with van der Waals surface area (Å²) in [6.07, 6.45) is 2.05. The van der Waals surface area contributed by atoms with E-state index in [1.807, 2.05) is 37.3 Å². The summed E-state index contributed by atoms with van der Waals surface area (Å²) in [5.74, 6) is 1.36. The van der Waals surface area contributed by atoms with E-state index in [1.54, 1.807) is 19.1 Å². The smallest absolute Gasteiger partial charge is 0.306 e. The summed E-state index contributed by atoms with van der Waals surface area (Å²) in [4.78, 5) is 16.3. The number of ether oxygens (including phenoxy) is 2. The molecule has 0 spiro atoms. The quantitative estimate of drug-likeness (QED) is 0.422. The number of aryl methyl sites for hydroxylation is 2. The number of nitrogens with zero attached hydrogens (tertiary/aromatic N) is 1. The number of esters is 1. The molecule has 3 aromatic rings. The molecule has 0 aliphatic rings. The second-order valence-electron chi connectivity index (χ2n) is 7.33. The van der Waals surface area contributed by atoms with Crippen LogP contribution in [0.1, 0.15) is 30.4 Å². The van der Waals surface area contributed by atoms with Crippen LogP contribution < -0.4 is 4.74 Å². The Bertz CT molecular complexity index is 1170. The fourth-order valence-electron chi connectivity index (χ4n) is 3.28. The number of sulfone groups is 1. The van der Waals surface area contributed by atoms with E-state index in [0.717, 1.165) is 23.3 Å². The van der Waals surface area contributed by atoms with Gasteiger partial charge in [0.15, 0.2) is 9.84 Å². The Hall–Kier alpha value is -3.13. The molecule has 170 valence electrons. The van der Waals surface area contributed by atoms with Crippen molar-refractivity contribution in [3.8, 4) is 17.2 Å². The first-order valence-corrected chi connectivity index (χ1v) is 12.3. The van der Waals surface area contributed by atoms with Crippen molar-refractivity contribution in [2.75, 3.05) is 19.5 Å². The highest BCUT2D eigenvalue weighted by Crippen LogP contribution is 2.25. The Morgan fingerprint density at radius 3 is 2.53 bits per heavy atom. The number of carbonyl (C=O) groups excluding carboxylic acids is 1. The average Bonchev–Trinajstić information content (AvgIpc) is 3.13. The van der Waals surface area contributed by atoms with Crippen LogP contribution in [-0.4, -0.2) is 38.8 Å². The van der Waals surface area contributed by atoms with Crippen molar-refractivity contribution >= 4 is 15.8 Å². The van der Waals surface area contributed by atoms with Crippen LogP contribution >= 0.6 is 0 Å². The molecule has 0 unspecified atom stereocenters.